The summed E-state index contributed by atoms with van der Waals surface area (Å²) < 4.78 is 18.2. The van der Waals surface area contributed by atoms with E-state index in [1.165, 1.54) is 0 Å². The van der Waals surface area contributed by atoms with Crippen LogP contribution in [0.25, 0.3) is 10.9 Å². The molecule has 1 unspecified atom stereocenters. The van der Waals surface area contributed by atoms with Crippen molar-refractivity contribution in [2.45, 2.75) is 12.8 Å². The molecule has 0 spiro atoms. The van der Waals surface area contributed by atoms with Crippen molar-refractivity contribution >= 4 is 10.9 Å². The van der Waals surface area contributed by atoms with Crippen LogP contribution in [0.4, 0.5) is 4.39 Å². The van der Waals surface area contributed by atoms with Crippen molar-refractivity contribution in [1.82, 2.24) is 4.98 Å². The smallest absolute Gasteiger partial charge is 0.145 e. The molecule has 1 aromatic heterocycles. The molecule has 0 N–H and O–H groups in total. The Kier molecular flexibility index (Phi) is 3.50. The number of hydrogen-bond donors (Lipinski definition) is 0. The molecule has 1 aromatic carbocycles. The highest BCUT2D eigenvalue weighted by molar-refractivity contribution is 5.84. The summed E-state index contributed by atoms with van der Waals surface area (Å²) in [6.07, 6.45) is 8.63. The van der Waals surface area contributed by atoms with Crippen LogP contribution in [0, 0.1) is 5.92 Å². The Balaban J connectivity index is 1.85. The summed E-state index contributed by atoms with van der Waals surface area (Å²) in [5.41, 5.74) is 2.04. The minimum absolute atomic E-state index is 0.136. The lowest BCUT2D eigenvalue weighted by Gasteiger charge is -2.14. The fraction of sp³-hybridized carbons (Fsp3) is 0.235. The second-order valence-corrected chi connectivity index (χ2v) is 5.02. The summed E-state index contributed by atoms with van der Waals surface area (Å²) in [4.78, 5) is 4.49. The Morgan fingerprint density at radius 3 is 3.05 bits per heavy atom. The molecule has 0 bridgehead atoms. The fourth-order valence-corrected chi connectivity index (χ4v) is 2.55. The number of fused-ring (bicyclic) bond motifs is 1. The number of nitrogens with zero attached hydrogens (tertiary/aromatic N) is 1. The Bertz CT molecular complexity index is 690. The normalized spacial score (nSPS) is 18.1. The molecule has 1 aliphatic carbocycles. The zero-order chi connectivity index (χ0) is 13.9. The van der Waals surface area contributed by atoms with E-state index >= 15 is 0 Å². The third kappa shape index (κ3) is 2.57. The van der Waals surface area contributed by atoms with Gasteiger partial charge in [-0.05, 0) is 48.6 Å². The molecule has 0 fully saturated rings. The summed E-state index contributed by atoms with van der Waals surface area (Å²) in [6, 6.07) is 8.04. The van der Waals surface area contributed by atoms with Crippen LogP contribution in [0.2, 0.25) is 0 Å². The first-order chi connectivity index (χ1) is 9.76. The molecule has 0 saturated heterocycles. The predicted octanol–water partition coefficient (Wildman–Crippen LogP) is 4.22. The molecule has 2 nitrogen and oxygen atoms in total. The fourth-order valence-electron chi connectivity index (χ4n) is 2.55. The van der Waals surface area contributed by atoms with E-state index in [1.54, 1.807) is 19.3 Å². The van der Waals surface area contributed by atoms with Crippen molar-refractivity contribution < 1.29 is 9.13 Å². The monoisotopic (exact) mass is 269 g/mol. The van der Waals surface area contributed by atoms with Gasteiger partial charge in [0.2, 0.25) is 0 Å². The number of ether oxygens (including phenoxy) is 1. The first kappa shape index (κ1) is 12.9. The Labute approximate surface area is 117 Å². The molecule has 0 radical (unpaired) electrons. The van der Waals surface area contributed by atoms with Gasteiger partial charge in [0.15, 0.2) is 0 Å². The summed E-state index contributed by atoms with van der Waals surface area (Å²) in [5.74, 6) is 0.999. The van der Waals surface area contributed by atoms with Crippen molar-refractivity contribution in [2.75, 3.05) is 7.11 Å². The number of allylic oxidation sites excluding steroid dienone is 4. The molecule has 0 aliphatic heterocycles. The van der Waals surface area contributed by atoms with E-state index < -0.39 is 0 Å². The third-order valence-electron chi connectivity index (χ3n) is 3.59. The number of hydrogen-bond acceptors (Lipinski definition) is 2. The quantitative estimate of drug-likeness (QED) is 0.832. The molecule has 0 amide bonds. The molecule has 2 aromatic rings. The zero-order valence-electron chi connectivity index (χ0n) is 11.3. The van der Waals surface area contributed by atoms with Crippen LogP contribution in [-0.4, -0.2) is 12.1 Å². The van der Waals surface area contributed by atoms with Gasteiger partial charge in [0, 0.05) is 11.6 Å². The lowest BCUT2D eigenvalue weighted by atomic mass is 9.93. The molecule has 102 valence electrons. The van der Waals surface area contributed by atoms with E-state index in [4.69, 9.17) is 4.74 Å². The van der Waals surface area contributed by atoms with Gasteiger partial charge in [0.05, 0.1) is 7.11 Å². The zero-order valence-corrected chi connectivity index (χ0v) is 11.3. The first-order valence-electron chi connectivity index (χ1n) is 6.72. The number of pyridine rings is 1. The highest BCUT2D eigenvalue weighted by Crippen LogP contribution is 2.26. The summed E-state index contributed by atoms with van der Waals surface area (Å²) in [6.45, 7) is 0. The van der Waals surface area contributed by atoms with Gasteiger partial charge in [0.25, 0.3) is 0 Å². The van der Waals surface area contributed by atoms with Crippen LogP contribution in [0.3, 0.4) is 0 Å². The molecular weight excluding hydrogens is 253 g/mol. The largest absolute Gasteiger partial charge is 0.494 e. The van der Waals surface area contributed by atoms with Crippen LogP contribution in [-0.2, 0) is 6.42 Å². The van der Waals surface area contributed by atoms with Gasteiger partial charge < -0.3 is 4.74 Å². The van der Waals surface area contributed by atoms with Gasteiger partial charge in [-0.1, -0.05) is 18.2 Å². The van der Waals surface area contributed by atoms with Crippen LogP contribution in [0.15, 0.2) is 54.5 Å². The number of halogens is 1. The number of rotatable bonds is 3. The Morgan fingerprint density at radius 2 is 2.30 bits per heavy atom. The molecule has 3 rings (SSSR count). The standard InChI is InChI=1S/C17H16FNO/c1-20-16-4-2-3-14-10-13(11-19-17(14)16)9-12-5-7-15(18)8-6-12/h2-5,7-8,10-12H,6,9H2,1H3. The van der Waals surface area contributed by atoms with Gasteiger partial charge >= 0.3 is 0 Å². The molecule has 1 heterocycles. The molecule has 20 heavy (non-hydrogen) atoms. The van der Waals surface area contributed by atoms with Gasteiger partial charge in [-0.15, -0.1) is 0 Å². The van der Waals surface area contributed by atoms with Gasteiger partial charge in [-0.3, -0.25) is 4.98 Å². The predicted molar refractivity (Wildman–Crippen MR) is 78.4 cm³/mol. The Hall–Kier alpha value is -2.16. The maximum atomic E-state index is 12.9. The Morgan fingerprint density at radius 1 is 1.40 bits per heavy atom. The molecular formula is C17H16FNO. The second kappa shape index (κ2) is 5.45. The van der Waals surface area contributed by atoms with E-state index in [9.17, 15) is 4.39 Å². The lowest BCUT2D eigenvalue weighted by molar-refractivity contribution is 0.419. The summed E-state index contributed by atoms with van der Waals surface area (Å²) in [5, 5.41) is 1.07. The molecule has 1 aliphatic rings. The lowest BCUT2D eigenvalue weighted by Crippen LogP contribution is -2.03. The summed E-state index contributed by atoms with van der Waals surface area (Å²) >= 11 is 0. The van der Waals surface area contributed by atoms with Crippen LogP contribution in [0.1, 0.15) is 12.0 Å². The molecule has 0 saturated carbocycles. The van der Waals surface area contributed by atoms with Gasteiger partial charge in [0.1, 0.15) is 17.1 Å². The van der Waals surface area contributed by atoms with Crippen molar-refractivity contribution in [3.8, 4) is 5.75 Å². The van der Waals surface area contributed by atoms with Crippen LogP contribution < -0.4 is 4.74 Å². The van der Waals surface area contributed by atoms with Gasteiger partial charge in [-0.2, -0.15) is 0 Å². The van der Waals surface area contributed by atoms with E-state index in [2.05, 4.69) is 11.1 Å². The first-order valence-corrected chi connectivity index (χ1v) is 6.72. The van der Waals surface area contributed by atoms with Crippen molar-refractivity contribution in [3.05, 3.63) is 60.1 Å². The number of methoxy groups -OCH3 is 1. The van der Waals surface area contributed by atoms with Crippen molar-refractivity contribution in [3.63, 3.8) is 0 Å². The average Bonchev–Trinajstić information content (AvgIpc) is 2.49. The minimum atomic E-state index is -0.136. The minimum Gasteiger partial charge on any atom is -0.494 e. The van der Waals surface area contributed by atoms with E-state index in [-0.39, 0.29) is 5.83 Å². The highest BCUT2D eigenvalue weighted by atomic mass is 19.1. The summed E-state index contributed by atoms with van der Waals surface area (Å²) in [7, 11) is 1.65. The van der Waals surface area contributed by atoms with Crippen LogP contribution in [0.5, 0.6) is 5.75 Å². The molecule has 3 heteroatoms. The molecule has 1 atom stereocenters. The highest BCUT2D eigenvalue weighted by Gasteiger charge is 2.11. The van der Waals surface area contributed by atoms with Crippen molar-refractivity contribution in [1.29, 1.82) is 0 Å². The third-order valence-corrected chi connectivity index (χ3v) is 3.59. The van der Waals surface area contributed by atoms with E-state index in [0.29, 0.717) is 5.92 Å². The number of aromatic nitrogens is 1. The number of benzene rings is 1. The SMILES string of the molecule is COc1cccc2cc(CC3C=CC(F)=CC3)cnc12. The van der Waals surface area contributed by atoms with E-state index in [0.717, 1.165) is 35.1 Å². The maximum absolute atomic E-state index is 12.9. The average molecular weight is 269 g/mol. The van der Waals surface area contributed by atoms with E-state index in [1.807, 2.05) is 30.5 Å². The van der Waals surface area contributed by atoms with Crippen LogP contribution >= 0.6 is 0 Å². The maximum Gasteiger partial charge on any atom is 0.145 e. The number of para-hydroxylation sites is 1. The topological polar surface area (TPSA) is 22.1 Å². The van der Waals surface area contributed by atoms with Gasteiger partial charge in [-0.25, -0.2) is 4.39 Å². The second-order valence-electron chi connectivity index (χ2n) is 5.02. The van der Waals surface area contributed by atoms with Crippen molar-refractivity contribution in [2.24, 2.45) is 5.92 Å².